The fraction of sp³-hybridized carbons (Fsp3) is 0.750. The van der Waals surface area contributed by atoms with E-state index in [1.165, 1.54) is 6.92 Å². The smallest absolute Gasteiger partial charge is 0.339 e. The predicted molar refractivity (Wildman–Crippen MR) is 125 cm³/mol. The number of Topliss-reactive ketones (excluding diaryl/α,β-unsaturated/α-hetero) is 1. The van der Waals surface area contributed by atoms with E-state index < -0.39 is 63.6 Å². The van der Waals surface area contributed by atoms with Crippen molar-refractivity contribution in [3.05, 3.63) is 24.2 Å². The first-order chi connectivity index (χ1) is 16.8. The summed E-state index contributed by atoms with van der Waals surface area (Å²) in [6.45, 7) is 11.6. The topological polar surface area (TPSA) is 116 Å². The van der Waals surface area contributed by atoms with Crippen LogP contribution in [0.4, 0.5) is 0 Å². The van der Waals surface area contributed by atoms with E-state index in [9.17, 15) is 19.5 Å². The number of cyclic esters (lactones) is 1. The molecule has 0 aromatic carbocycles. The number of fused-ring (bicyclic) bond motifs is 3. The highest BCUT2D eigenvalue weighted by Crippen LogP contribution is 2.80. The van der Waals surface area contributed by atoms with Crippen molar-refractivity contribution >= 4 is 17.7 Å². The van der Waals surface area contributed by atoms with Crippen LogP contribution in [0.5, 0.6) is 0 Å². The van der Waals surface area contributed by atoms with Gasteiger partial charge in [-0.25, -0.2) is 4.79 Å². The molecule has 1 spiro atoms. The standard InChI is InChI=1S/C28H36O8/c1-14(29)34-20-11-17-24(2,3)18(30)12-19(31)26(17,5)16-7-9-25(4)21(15-8-10-33-13-15)35-23(32)22-28(25,36-22)27(16,20)6/h8,10,13,16-17,19-22,31H,7,9,11-12H2,1-6H3/t16?,17?,19?,20-,21+,22?,25+,26-,27+,28?/m1/s1. The maximum atomic E-state index is 13.3. The van der Waals surface area contributed by atoms with Gasteiger partial charge in [0.25, 0.3) is 0 Å². The zero-order valence-electron chi connectivity index (χ0n) is 21.8. The summed E-state index contributed by atoms with van der Waals surface area (Å²) in [6.07, 6.45) is 2.32. The Morgan fingerprint density at radius 2 is 1.83 bits per heavy atom. The normalized spacial score (nSPS) is 50.6. The largest absolute Gasteiger partial charge is 0.472 e. The molecule has 1 aromatic heterocycles. The minimum absolute atomic E-state index is 0.0308. The molecule has 6 rings (SSSR count). The van der Waals surface area contributed by atoms with Crippen LogP contribution in [0, 0.1) is 33.5 Å². The molecule has 2 saturated heterocycles. The van der Waals surface area contributed by atoms with E-state index in [0.29, 0.717) is 19.3 Å². The Hall–Kier alpha value is -2.19. The van der Waals surface area contributed by atoms with E-state index in [2.05, 4.69) is 20.8 Å². The molecule has 0 amide bonds. The molecule has 1 N–H and O–H groups in total. The number of esters is 2. The Morgan fingerprint density at radius 3 is 2.47 bits per heavy atom. The van der Waals surface area contributed by atoms with Gasteiger partial charge in [-0.1, -0.05) is 34.6 Å². The fourth-order valence-electron chi connectivity index (χ4n) is 9.64. The summed E-state index contributed by atoms with van der Waals surface area (Å²) in [7, 11) is 0. The summed E-state index contributed by atoms with van der Waals surface area (Å²) in [4.78, 5) is 38.8. The third-order valence-electron chi connectivity index (χ3n) is 11.4. The quantitative estimate of drug-likeness (QED) is 0.482. The number of hydrogen-bond donors (Lipinski definition) is 1. The Balaban J connectivity index is 1.55. The number of epoxide rings is 1. The Labute approximate surface area is 211 Å². The van der Waals surface area contributed by atoms with Gasteiger partial charge in [-0.2, -0.15) is 0 Å². The molecule has 5 unspecified atom stereocenters. The van der Waals surface area contributed by atoms with Crippen LogP contribution in [-0.2, 0) is 28.6 Å². The van der Waals surface area contributed by atoms with Crippen molar-refractivity contribution in [2.45, 2.75) is 97.2 Å². The van der Waals surface area contributed by atoms with Crippen LogP contribution >= 0.6 is 0 Å². The first kappa shape index (κ1) is 24.2. The van der Waals surface area contributed by atoms with Gasteiger partial charge in [0.1, 0.15) is 23.6 Å². The lowest BCUT2D eigenvalue weighted by Gasteiger charge is -2.70. The van der Waals surface area contributed by atoms with Crippen molar-refractivity contribution in [1.29, 1.82) is 0 Å². The zero-order chi connectivity index (χ0) is 26.1. The second-order valence-corrected chi connectivity index (χ2v) is 13.0. The van der Waals surface area contributed by atoms with E-state index in [0.717, 1.165) is 5.56 Å². The lowest BCUT2D eigenvalue weighted by atomic mass is 9.34. The summed E-state index contributed by atoms with van der Waals surface area (Å²) < 4.78 is 23.9. The number of furan rings is 1. The lowest BCUT2D eigenvalue weighted by Crippen LogP contribution is -2.75. The van der Waals surface area contributed by atoms with Gasteiger partial charge >= 0.3 is 11.9 Å². The van der Waals surface area contributed by atoms with E-state index in [-0.39, 0.29) is 24.0 Å². The van der Waals surface area contributed by atoms with Gasteiger partial charge in [0, 0.05) is 40.6 Å². The predicted octanol–water partition coefficient (Wildman–Crippen LogP) is 3.76. The van der Waals surface area contributed by atoms with E-state index >= 15 is 0 Å². The van der Waals surface area contributed by atoms with Crippen LogP contribution in [0.1, 0.15) is 78.9 Å². The summed E-state index contributed by atoms with van der Waals surface area (Å²) in [6, 6.07) is 1.81. The number of aliphatic hydroxyl groups excluding tert-OH is 1. The lowest BCUT2D eigenvalue weighted by molar-refractivity contribution is -0.279. The summed E-state index contributed by atoms with van der Waals surface area (Å²) in [5, 5.41) is 11.5. The fourth-order valence-corrected chi connectivity index (χ4v) is 9.64. The minimum atomic E-state index is -0.945. The maximum Gasteiger partial charge on any atom is 0.339 e. The molecule has 36 heavy (non-hydrogen) atoms. The molecular formula is C28H36O8. The van der Waals surface area contributed by atoms with Crippen molar-refractivity contribution in [2.75, 3.05) is 0 Å². The number of rotatable bonds is 2. The third-order valence-corrected chi connectivity index (χ3v) is 11.4. The molecule has 0 radical (unpaired) electrons. The summed E-state index contributed by atoms with van der Waals surface area (Å²) in [5.74, 6) is -1.14. The van der Waals surface area contributed by atoms with Gasteiger partial charge in [-0.05, 0) is 37.2 Å². The molecule has 3 heterocycles. The molecule has 1 aromatic rings. The second kappa shape index (κ2) is 7.01. The first-order valence-corrected chi connectivity index (χ1v) is 13.0. The van der Waals surface area contributed by atoms with Gasteiger partial charge < -0.3 is 23.7 Å². The Kier molecular flexibility index (Phi) is 4.71. The number of hydrogen-bond acceptors (Lipinski definition) is 8. The SMILES string of the molecule is CC(=O)O[C@@H]1CC2C(C)(C)C(=O)CC(O)[C@]2(C)C2CC[C@@]3(C)[C@H](c4ccoc4)OC(=O)C4OC43[C@@]21C. The molecule has 5 aliphatic rings. The van der Waals surface area contributed by atoms with Gasteiger partial charge in [0.05, 0.1) is 18.6 Å². The van der Waals surface area contributed by atoms with Crippen LogP contribution in [0.25, 0.3) is 0 Å². The van der Waals surface area contributed by atoms with E-state index in [4.69, 9.17) is 18.6 Å². The molecule has 3 saturated carbocycles. The van der Waals surface area contributed by atoms with Gasteiger partial charge in [-0.15, -0.1) is 0 Å². The molecule has 2 aliphatic heterocycles. The van der Waals surface area contributed by atoms with Crippen molar-refractivity contribution in [3.63, 3.8) is 0 Å². The van der Waals surface area contributed by atoms with Crippen molar-refractivity contribution in [1.82, 2.24) is 0 Å². The zero-order valence-corrected chi connectivity index (χ0v) is 21.8. The van der Waals surface area contributed by atoms with Crippen molar-refractivity contribution in [2.24, 2.45) is 33.5 Å². The molecule has 5 fully saturated rings. The number of ketones is 1. The summed E-state index contributed by atoms with van der Waals surface area (Å²) >= 11 is 0. The number of carbonyl (C=O) groups is 3. The molecule has 8 heteroatoms. The second-order valence-electron chi connectivity index (χ2n) is 13.0. The maximum absolute atomic E-state index is 13.3. The van der Waals surface area contributed by atoms with Gasteiger partial charge in [0.2, 0.25) is 0 Å². The minimum Gasteiger partial charge on any atom is -0.472 e. The van der Waals surface area contributed by atoms with Gasteiger partial charge in [-0.3, -0.25) is 9.59 Å². The van der Waals surface area contributed by atoms with Crippen molar-refractivity contribution < 1.29 is 38.1 Å². The van der Waals surface area contributed by atoms with Crippen molar-refractivity contribution in [3.8, 4) is 0 Å². The van der Waals surface area contributed by atoms with Crippen LogP contribution in [0.3, 0.4) is 0 Å². The highest BCUT2D eigenvalue weighted by atomic mass is 16.7. The van der Waals surface area contributed by atoms with Crippen LogP contribution in [0.2, 0.25) is 0 Å². The Morgan fingerprint density at radius 1 is 1.11 bits per heavy atom. The molecular weight excluding hydrogens is 464 g/mol. The average molecular weight is 501 g/mol. The van der Waals surface area contributed by atoms with E-state index in [1.54, 1.807) is 12.5 Å². The highest BCUT2D eigenvalue weighted by molar-refractivity contribution is 5.86. The molecule has 10 atom stereocenters. The third kappa shape index (κ3) is 2.50. The molecule has 0 bridgehead atoms. The Bertz CT molecular complexity index is 1140. The monoisotopic (exact) mass is 500 g/mol. The summed E-state index contributed by atoms with van der Waals surface area (Å²) in [5.41, 5.74) is -2.87. The van der Waals surface area contributed by atoms with Crippen LogP contribution in [-0.4, -0.2) is 46.7 Å². The first-order valence-electron chi connectivity index (χ1n) is 13.0. The number of ether oxygens (including phenoxy) is 3. The highest BCUT2D eigenvalue weighted by Gasteiger charge is 2.89. The number of aliphatic hydroxyl groups is 1. The average Bonchev–Trinajstić information content (AvgIpc) is 3.36. The van der Waals surface area contributed by atoms with E-state index in [1.807, 2.05) is 19.9 Å². The molecule has 8 nitrogen and oxygen atoms in total. The van der Waals surface area contributed by atoms with Gasteiger partial charge in [0.15, 0.2) is 6.10 Å². The molecule has 196 valence electrons. The number of carbonyl (C=O) groups excluding carboxylic acids is 3. The van der Waals surface area contributed by atoms with Crippen LogP contribution in [0.15, 0.2) is 23.0 Å². The molecule has 3 aliphatic carbocycles. The van der Waals surface area contributed by atoms with Crippen LogP contribution < -0.4 is 0 Å².